The first-order valence-electron chi connectivity index (χ1n) is 13.3. The van der Waals surface area contributed by atoms with Crippen LogP contribution in [0.1, 0.15) is 52.8 Å². The number of halogens is 1. The van der Waals surface area contributed by atoms with E-state index >= 15 is 0 Å². The molecule has 2 N–H and O–H groups in total. The zero-order chi connectivity index (χ0) is 27.6. The molecule has 9 heteroatoms. The number of carboxylic acids is 1. The van der Waals surface area contributed by atoms with E-state index in [1.165, 1.54) is 16.7 Å². The second-order valence-electron chi connectivity index (χ2n) is 9.84. The van der Waals surface area contributed by atoms with Gasteiger partial charge < -0.3 is 9.67 Å². The summed E-state index contributed by atoms with van der Waals surface area (Å²) in [5, 5.41) is 24.6. The molecule has 1 aliphatic rings. The minimum atomic E-state index is -1.08. The number of benzene rings is 3. The Kier molecular flexibility index (Phi) is 7.00. The van der Waals surface area contributed by atoms with Crippen molar-refractivity contribution in [2.24, 2.45) is 0 Å². The SMILES string of the molecule is CCCCc1nc(Cl)c(C(=O)O)n1Cc1ccc(-c2cc(-c3cccc4c3C=CC4)ccc2-c2nn[nH]n2)cc1. The third-order valence-corrected chi connectivity index (χ3v) is 7.57. The van der Waals surface area contributed by atoms with Crippen molar-refractivity contribution in [3.63, 3.8) is 0 Å². The Hall–Kier alpha value is -4.56. The van der Waals surface area contributed by atoms with E-state index in [-0.39, 0.29) is 10.8 Å². The predicted molar refractivity (Wildman–Crippen MR) is 155 cm³/mol. The number of allylic oxidation sites excluding steroid dienone is 1. The molecule has 0 fully saturated rings. The Bertz CT molecular complexity index is 1720. The molecule has 40 heavy (non-hydrogen) atoms. The van der Waals surface area contributed by atoms with Crippen LogP contribution in [-0.2, 0) is 19.4 Å². The van der Waals surface area contributed by atoms with Gasteiger partial charge in [-0.25, -0.2) is 9.78 Å². The number of aromatic nitrogens is 6. The van der Waals surface area contributed by atoms with Gasteiger partial charge in [0.2, 0.25) is 5.82 Å². The first-order chi connectivity index (χ1) is 19.5. The van der Waals surface area contributed by atoms with Gasteiger partial charge in [-0.05, 0) is 69.1 Å². The highest BCUT2D eigenvalue weighted by atomic mass is 35.5. The Morgan fingerprint density at radius 1 is 1.05 bits per heavy atom. The summed E-state index contributed by atoms with van der Waals surface area (Å²) in [7, 11) is 0. The summed E-state index contributed by atoms with van der Waals surface area (Å²) < 4.78 is 1.71. The lowest BCUT2D eigenvalue weighted by molar-refractivity contribution is 0.0685. The largest absolute Gasteiger partial charge is 0.476 e. The number of carboxylic acid groups (broad SMARTS) is 1. The minimum Gasteiger partial charge on any atom is -0.476 e. The third kappa shape index (κ3) is 4.82. The van der Waals surface area contributed by atoms with E-state index in [4.69, 9.17) is 11.6 Å². The first-order valence-corrected chi connectivity index (χ1v) is 13.7. The number of carbonyl (C=O) groups is 1. The van der Waals surface area contributed by atoms with E-state index in [1.807, 2.05) is 30.3 Å². The van der Waals surface area contributed by atoms with Crippen molar-refractivity contribution in [3.05, 3.63) is 100 Å². The lowest BCUT2D eigenvalue weighted by Crippen LogP contribution is -2.13. The Balaban J connectivity index is 1.38. The van der Waals surface area contributed by atoms with Crippen molar-refractivity contribution in [2.45, 2.75) is 39.2 Å². The number of H-pyrrole nitrogens is 1. The molecule has 0 atom stereocenters. The van der Waals surface area contributed by atoms with E-state index in [2.05, 4.69) is 75.0 Å². The van der Waals surface area contributed by atoms with Gasteiger partial charge in [0.25, 0.3) is 0 Å². The summed E-state index contributed by atoms with van der Waals surface area (Å²) >= 11 is 6.23. The fourth-order valence-corrected chi connectivity index (χ4v) is 5.58. The van der Waals surface area contributed by atoms with Crippen molar-refractivity contribution >= 4 is 23.6 Å². The molecule has 8 nitrogen and oxygen atoms in total. The van der Waals surface area contributed by atoms with Crippen LogP contribution in [0.5, 0.6) is 0 Å². The lowest BCUT2D eigenvalue weighted by Gasteiger charge is -2.14. The van der Waals surface area contributed by atoms with Crippen LogP contribution in [0.2, 0.25) is 5.15 Å². The lowest BCUT2D eigenvalue weighted by atomic mass is 9.91. The van der Waals surface area contributed by atoms with Crippen LogP contribution in [0.25, 0.3) is 39.7 Å². The molecule has 0 radical (unpaired) electrons. The van der Waals surface area contributed by atoms with Crippen molar-refractivity contribution in [1.82, 2.24) is 30.2 Å². The maximum Gasteiger partial charge on any atom is 0.355 e. The Morgan fingerprint density at radius 2 is 1.88 bits per heavy atom. The molecular formula is C31H27ClN6O2. The number of imidazole rings is 1. The van der Waals surface area contributed by atoms with Gasteiger partial charge >= 0.3 is 5.97 Å². The summed E-state index contributed by atoms with van der Waals surface area (Å²) in [6, 6.07) is 20.8. The highest BCUT2D eigenvalue weighted by molar-refractivity contribution is 6.32. The highest BCUT2D eigenvalue weighted by Gasteiger charge is 2.22. The molecule has 0 spiro atoms. The molecule has 3 aromatic carbocycles. The van der Waals surface area contributed by atoms with Crippen LogP contribution >= 0.6 is 11.6 Å². The van der Waals surface area contributed by atoms with Crippen LogP contribution in [0.3, 0.4) is 0 Å². The van der Waals surface area contributed by atoms with Gasteiger partial charge in [0.05, 0.1) is 0 Å². The zero-order valence-electron chi connectivity index (χ0n) is 21.9. The number of hydrogen-bond acceptors (Lipinski definition) is 5. The standard InChI is InChI=1S/C31H27ClN6O2/c1-2-3-10-27-33-29(32)28(31(39)40)38(27)18-19-11-13-21(14-12-19)26-17-22(15-16-25(26)30-34-36-37-35-30)24-9-5-7-20-6-4-8-23(20)24/h4-5,7-9,11-17H,2-3,6,10,18H2,1H3,(H,39,40)(H,34,35,36,37). The normalized spacial score (nSPS) is 12.2. The van der Waals surface area contributed by atoms with Gasteiger partial charge in [0.15, 0.2) is 10.8 Å². The molecule has 6 rings (SSSR count). The second kappa shape index (κ2) is 10.9. The number of aromatic amines is 1. The second-order valence-corrected chi connectivity index (χ2v) is 10.2. The van der Waals surface area contributed by atoms with E-state index in [0.29, 0.717) is 24.6 Å². The average Bonchev–Trinajstić information content (AvgIpc) is 3.72. The number of aryl methyl sites for hydroxylation is 1. The van der Waals surface area contributed by atoms with Crippen LogP contribution in [0.4, 0.5) is 0 Å². The Morgan fingerprint density at radius 3 is 2.62 bits per heavy atom. The summed E-state index contributed by atoms with van der Waals surface area (Å²) in [5.41, 5.74) is 8.66. The fourth-order valence-electron chi connectivity index (χ4n) is 5.30. The molecule has 0 bridgehead atoms. The third-order valence-electron chi connectivity index (χ3n) is 7.30. The van der Waals surface area contributed by atoms with Crippen molar-refractivity contribution in [3.8, 4) is 33.6 Å². The van der Waals surface area contributed by atoms with Gasteiger partial charge in [-0.1, -0.05) is 85.6 Å². The van der Waals surface area contributed by atoms with Gasteiger partial charge in [-0.15, -0.1) is 10.2 Å². The van der Waals surface area contributed by atoms with E-state index in [9.17, 15) is 9.90 Å². The maximum absolute atomic E-state index is 12.0. The number of tetrazole rings is 1. The van der Waals surface area contributed by atoms with Crippen LogP contribution in [0, 0.1) is 0 Å². The van der Waals surface area contributed by atoms with E-state index in [0.717, 1.165) is 47.1 Å². The van der Waals surface area contributed by atoms with Gasteiger partial charge in [-0.2, -0.15) is 5.21 Å². The average molecular weight is 551 g/mol. The molecule has 0 aliphatic heterocycles. The fraction of sp³-hybridized carbons (Fsp3) is 0.194. The van der Waals surface area contributed by atoms with Gasteiger partial charge in [0.1, 0.15) is 5.82 Å². The van der Waals surface area contributed by atoms with Crippen LogP contribution < -0.4 is 0 Å². The molecule has 200 valence electrons. The number of rotatable bonds is 9. The van der Waals surface area contributed by atoms with Crippen LogP contribution in [0.15, 0.2) is 66.7 Å². The predicted octanol–water partition coefficient (Wildman–Crippen LogP) is 6.71. The quantitative estimate of drug-likeness (QED) is 0.211. The van der Waals surface area contributed by atoms with Crippen LogP contribution in [-0.4, -0.2) is 41.3 Å². The first kappa shape index (κ1) is 25.7. The number of nitrogens with one attached hydrogen (secondary N) is 1. The minimum absolute atomic E-state index is 0.0217. The molecule has 5 aromatic rings. The number of fused-ring (bicyclic) bond motifs is 1. The Labute approximate surface area is 236 Å². The molecular weight excluding hydrogens is 524 g/mol. The van der Waals surface area contributed by atoms with Crippen molar-refractivity contribution in [1.29, 1.82) is 0 Å². The molecule has 0 saturated carbocycles. The number of unbranched alkanes of at least 4 members (excludes halogenated alkanes) is 1. The summed E-state index contributed by atoms with van der Waals surface area (Å²) in [6.07, 6.45) is 7.88. The number of nitrogens with zero attached hydrogens (tertiary/aromatic N) is 5. The molecule has 2 heterocycles. The van der Waals surface area contributed by atoms with E-state index < -0.39 is 5.97 Å². The van der Waals surface area contributed by atoms with Crippen molar-refractivity contribution < 1.29 is 9.90 Å². The monoisotopic (exact) mass is 550 g/mol. The summed E-state index contributed by atoms with van der Waals surface area (Å²) in [6.45, 7) is 2.45. The summed E-state index contributed by atoms with van der Waals surface area (Å²) in [4.78, 5) is 16.3. The molecule has 0 amide bonds. The number of hydrogen-bond donors (Lipinski definition) is 2. The number of aromatic carboxylic acids is 1. The van der Waals surface area contributed by atoms with Gasteiger partial charge in [-0.3, -0.25) is 0 Å². The molecule has 0 saturated heterocycles. The maximum atomic E-state index is 12.0. The van der Waals surface area contributed by atoms with Gasteiger partial charge in [0, 0.05) is 18.5 Å². The molecule has 1 aliphatic carbocycles. The zero-order valence-corrected chi connectivity index (χ0v) is 22.7. The smallest absolute Gasteiger partial charge is 0.355 e. The highest BCUT2D eigenvalue weighted by Crippen LogP contribution is 2.37. The summed E-state index contributed by atoms with van der Waals surface area (Å²) in [5.74, 6) is 0.120. The molecule has 2 aromatic heterocycles. The topological polar surface area (TPSA) is 110 Å². The van der Waals surface area contributed by atoms with Crippen molar-refractivity contribution in [2.75, 3.05) is 0 Å². The molecule has 0 unspecified atom stereocenters. The van der Waals surface area contributed by atoms with E-state index in [1.54, 1.807) is 4.57 Å².